The number of anilines is 1. The molecule has 0 saturated carbocycles. The van der Waals surface area contributed by atoms with Gasteiger partial charge >= 0.3 is 5.97 Å². The molecule has 0 aromatic heterocycles. The van der Waals surface area contributed by atoms with Gasteiger partial charge in [0.05, 0.1) is 13.5 Å². The molecule has 0 saturated heterocycles. The second-order valence-corrected chi connectivity index (χ2v) is 8.15. The van der Waals surface area contributed by atoms with Gasteiger partial charge in [0, 0.05) is 22.4 Å². The summed E-state index contributed by atoms with van der Waals surface area (Å²) in [5, 5.41) is 2.93. The summed E-state index contributed by atoms with van der Waals surface area (Å²) in [5.74, 6) is 1.47. The zero-order valence-electron chi connectivity index (χ0n) is 17.7. The summed E-state index contributed by atoms with van der Waals surface area (Å²) in [4.78, 5) is 23.8. The lowest BCUT2D eigenvalue weighted by molar-refractivity contribution is -0.139. The van der Waals surface area contributed by atoms with E-state index < -0.39 is 5.41 Å². The molecular weight excluding hydrogens is 386 g/mol. The predicted molar refractivity (Wildman–Crippen MR) is 119 cm³/mol. The first kappa shape index (κ1) is 22.8. The van der Waals surface area contributed by atoms with Crippen LogP contribution in [0.1, 0.15) is 44.4 Å². The van der Waals surface area contributed by atoms with Crippen molar-refractivity contribution in [3.63, 3.8) is 0 Å². The summed E-state index contributed by atoms with van der Waals surface area (Å²) in [6.07, 6.45) is 0.984. The number of carbonyl (C=O) groups is 2. The molecule has 156 valence electrons. The van der Waals surface area contributed by atoms with Gasteiger partial charge < -0.3 is 14.8 Å². The highest BCUT2D eigenvalue weighted by atomic mass is 32.1. The number of aryl methyl sites for hydroxylation is 1. The zero-order chi connectivity index (χ0) is 21.6. The standard InChI is InChI=1S/C23H29NO4S/c1-6-16-8-7-15(12-21(25)27-5)11-20(16)28-19-10-9-18(13-17(19)14-29)24-22(26)23(2,3)4/h7-11,13,29H,6,12,14H2,1-5H3,(H,24,26). The van der Waals surface area contributed by atoms with Gasteiger partial charge in [0.25, 0.3) is 0 Å². The molecule has 0 aliphatic carbocycles. The monoisotopic (exact) mass is 415 g/mol. The number of thiol groups is 1. The van der Waals surface area contributed by atoms with Crippen LogP contribution in [0, 0.1) is 5.41 Å². The van der Waals surface area contributed by atoms with Gasteiger partial charge in [-0.2, -0.15) is 12.6 Å². The number of hydrogen-bond acceptors (Lipinski definition) is 5. The minimum atomic E-state index is -0.480. The van der Waals surface area contributed by atoms with E-state index in [4.69, 9.17) is 9.47 Å². The Hall–Kier alpha value is -2.47. The van der Waals surface area contributed by atoms with Crippen molar-refractivity contribution >= 4 is 30.2 Å². The molecule has 2 rings (SSSR count). The van der Waals surface area contributed by atoms with E-state index in [0.29, 0.717) is 22.9 Å². The van der Waals surface area contributed by atoms with Crippen LogP contribution < -0.4 is 10.1 Å². The Labute approximate surface area is 178 Å². The summed E-state index contributed by atoms with van der Waals surface area (Å²) >= 11 is 4.41. The van der Waals surface area contributed by atoms with Gasteiger partial charge in [-0.1, -0.05) is 39.8 Å². The zero-order valence-corrected chi connectivity index (χ0v) is 18.6. The fraction of sp³-hybridized carbons (Fsp3) is 0.391. The second-order valence-electron chi connectivity index (χ2n) is 7.84. The molecule has 0 unspecified atom stereocenters. The number of carbonyl (C=O) groups excluding carboxylic acids is 2. The number of ether oxygens (including phenoxy) is 2. The molecule has 0 bridgehead atoms. The minimum absolute atomic E-state index is 0.0555. The Morgan fingerprint density at radius 2 is 1.76 bits per heavy atom. The molecule has 1 N–H and O–H groups in total. The van der Waals surface area contributed by atoms with Crippen molar-refractivity contribution in [1.82, 2.24) is 0 Å². The number of amides is 1. The van der Waals surface area contributed by atoms with Gasteiger partial charge in [-0.3, -0.25) is 9.59 Å². The van der Waals surface area contributed by atoms with Gasteiger partial charge in [0.1, 0.15) is 11.5 Å². The third kappa shape index (κ3) is 6.26. The average Bonchev–Trinajstić information content (AvgIpc) is 2.68. The quantitative estimate of drug-likeness (QED) is 0.484. The lowest BCUT2D eigenvalue weighted by Gasteiger charge is -2.19. The van der Waals surface area contributed by atoms with Crippen LogP contribution in [-0.4, -0.2) is 19.0 Å². The molecule has 1 amide bonds. The van der Waals surface area contributed by atoms with Crippen LogP contribution in [0.4, 0.5) is 5.69 Å². The Morgan fingerprint density at radius 3 is 2.34 bits per heavy atom. The molecule has 0 atom stereocenters. The molecule has 6 heteroatoms. The first-order valence-electron chi connectivity index (χ1n) is 9.59. The normalized spacial score (nSPS) is 11.1. The number of methoxy groups -OCH3 is 1. The highest BCUT2D eigenvalue weighted by molar-refractivity contribution is 7.79. The predicted octanol–water partition coefficient (Wildman–Crippen LogP) is 5.17. The summed E-state index contributed by atoms with van der Waals surface area (Å²) < 4.78 is 10.9. The Balaban J connectivity index is 2.30. The SMILES string of the molecule is CCc1ccc(CC(=O)OC)cc1Oc1ccc(NC(=O)C(C)(C)C)cc1CS. The highest BCUT2D eigenvalue weighted by Crippen LogP contribution is 2.32. The van der Waals surface area contributed by atoms with Crippen LogP contribution in [0.2, 0.25) is 0 Å². The molecule has 0 fully saturated rings. The highest BCUT2D eigenvalue weighted by Gasteiger charge is 2.21. The van der Waals surface area contributed by atoms with E-state index in [1.54, 1.807) is 0 Å². The number of rotatable bonds is 7. The molecular formula is C23H29NO4S. The van der Waals surface area contributed by atoms with E-state index >= 15 is 0 Å². The van der Waals surface area contributed by atoms with Crippen LogP contribution in [0.3, 0.4) is 0 Å². The minimum Gasteiger partial charge on any atom is -0.469 e. The molecule has 5 nitrogen and oxygen atoms in total. The van der Waals surface area contributed by atoms with Crippen molar-refractivity contribution in [3.8, 4) is 11.5 Å². The Morgan fingerprint density at radius 1 is 1.03 bits per heavy atom. The van der Waals surface area contributed by atoms with Crippen molar-refractivity contribution in [3.05, 3.63) is 53.1 Å². The molecule has 0 aliphatic rings. The Kier molecular flexibility index (Phi) is 7.73. The van der Waals surface area contributed by atoms with Gasteiger partial charge in [-0.15, -0.1) is 0 Å². The van der Waals surface area contributed by atoms with Crippen LogP contribution in [0.25, 0.3) is 0 Å². The average molecular weight is 416 g/mol. The summed E-state index contributed by atoms with van der Waals surface area (Å²) in [6.45, 7) is 7.65. The van der Waals surface area contributed by atoms with Gasteiger partial charge in [0.15, 0.2) is 0 Å². The number of hydrogen-bond donors (Lipinski definition) is 2. The van der Waals surface area contributed by atoms with Crippen LogP contribution in [0.15, 0.2) is 36.4 Å². The smallest absolute Gasteiger partial charge is 0.309 e. The van der Waals surface area contributed by atoms with Crippen molar-refractivity contribution in [2.75, 3.05) is 12.4 Å². The van der Waals surface area contributed by atoms with Crippen LogP contribution in [-0.2, 0) is 32.9 Å². The van der Waals surface area contributed by atoms with E-state index in [2.05, 4.69) is 17.9 Å². The number of nitrogens with one attached hydrogen (secondary N) is 1. The maximum atomic E-state index is 12.2. The van der Waals surface area contributed by atoms with E-state index in [9.17, 15) is 9.59 Å². The molecule has 0 radical (unpaired) electrons. The Bertz CT molecular complexity index is 887. The first-order chi connectivity index (χ1) is 13.7. The lowest BCUT2D eigenvalue weighted by atomic mass is 9.95. The maximum Gasteiger partial charge on any atom is 0.309 e. The maximum absolute atomic E-state index is 12.2. The molecule has 29 heavy (non-hydrogen) atoms. The van der Waals surface area contributed by atoms with Crippen molar-refractivity contribution in [2.24, 2.45) is 5.41 Å². The first-order valence-corrected chi connectivity index (χ1v) is 10.2. The van der Waals surface area contributed by atoms with Gasteiger partial charge in [-0.05, 0) is 41.8 Å². The van der Waals surface area contributed by atoms with Crippen molar-refractivity contribution in [2.45, 2.75) is 46.3 Å². The summed E-state index contributed by atoms with van der Waals surface area (Å²) in [5.41, 5.74) is 2.95. The van der Waals surface area contributed by atoms with Crippen molar-refractivity contribution in [1.29, 1.82) is 0 Å². The molecule has 0 aliphatic heterocycles. The van der Waals surface area contributed by atoms with Crippen LogP contribution >= 0.6 is 12.6 Å². The van der Waals surface area contributed by atoms with Crippen molar-refractivity contribution < 1.29 is 19.1 Å². The summed E-state index contributed by atoms with van der Waals surface area (Å²) in [7, 11) is 1.37. The fourth-order valence-corrected chi connectivity index (χ4v) is 2.90. The van der Waals surface area contributed by atoms with E-state index in [1.807, 2.05) is 64.1 Å². The van der Waals surface area contributed by atoms with Crippen LogP contribution in [0.5, 0.6) is 11.5 Å². The summed E-state index contributed by atoms with van der Waals surface area (Å²) in [6, 6.07) is 11.3. The third-order valence-electron chi connectivity index (χ3n) is 4.48. The molecule has 0 spiro atoms. The van der Waals surface area contributed by atoms with Gasteiger partial charge in [-0.25, -0.2) is 0 Å². The van der Waals surface area contributed by atoms with E-state index in [0.717, 1.165) is 23.1 Å². The molecule has 2 aromatic rings. The molecule has 2 aromatic carbocycles. The van der Waals surface area contributed by atoms with E-state index in [1.165, 1.54) is 7.11 Å². The largest absolute Gasteiger partial charge is 0.469 e. The van der Waals surface area contributed by atoms with E-state index in [-0.39, 0.29) is 18.3 Å². The lowest BCUT2D eigenvalue weighted by Crippen LogP contribution is -2.27. The number of esters is 1. The van der Waals surface area contributed by atoms with Gasteiger partial charge in [0.2, 0.25) is 5.91 Å². The second kappa shape index (κ2) is 9.83. The third-order valence-corrected chi connectivity index (χ3v) is 4.82. The number of benzene rings is 2. The molecule has 0 heterocycles. The topological polar surface area (TPSA) is 64.6 Å². The fourth-order valence-electron chi connectivity index (χ4n) is 2.65.